The molecule has 0 saturated carbocycles. The second-order valence-electron chi connectivity index (χ2n) is 9.77. The third-order valence-corrected chi connectivity index (χ3v) is 9.20. The molecule has 3 aromatic rings. The van der Waals surface area contributed by atoms with Crippen molar-refractivity contribution in [1.29, 1.82) is 0 Å². The van der Waals surface area contributed by atoms with Crippen molar-refractivity contribution in [2.24, 2.45) is 0 Å². The molecule has 0 radical (unpaired) electrons. The van der Waals surface area contributed by atoms with Crippen molar-refractivity contribution in [1.82, 2.24) is 5.32 Å². The van der Waals surface area contributed by atoms with E-state index in [2.05, 4.69) is 5.32 Å². The summed E-state index contributed by atoms with van der Waals surface area (Å²) in [5.74, 6) is 0.670. The number of methoxy groups -OCH3 is 1. The minimum atomic E-state index is -4.37. The third kappa shape index (κ3) is 5.74. The maximum atomic E-state index is 13.9. The van der Waals surface area contributed by atoms with Gasteiger partial charge >= 0.3 is 0 Å². The molecule has 212 valence electrons. The summed E-state index contributed by atoms with van der Waals surface area (Å²) in [6.07, 6.45) is 2.01. The third-order valence-electron chi connectivity index (χ3n) is 7.43. The van der Waals surface area contributed by atoms with E-state index in [4.69, 9.17) is 9.47 Å². The van der Waals surface area contributed by atoms with E-state index in [-0.39, 0.29) is 16.3 Å². The Morgan fingerprint density at radius 2 is 1.80 bits per heavy atom. The maximum absolute atomic E-state index is 13.9. The zero-order valence-corrected chi connectivity index (χ0v) is 23.7. The molecule has 1 amide bonds. The van der Waals surface area contributed by atoms with Gasteiger partial charge in [0.25, 0.3) is 15.7 Å². The first-order chi connectivity index (χ1) is 19.0. The van der Waals surface area contributed by atoms with Crippen molar-refractivity contribution < 1.29 is 27.6 Å². The summed E-state index contributed by atoms with van der Waals surface area (Å²) in [5.41, 5.74) is 0.569. The predicted molar refractivity (Wildman–Crippen MR) is 151 cm³/mol. The molecule has 1 heterocycles. The van der Waals surface area contributed by atoms with Crippen molar-refractivity contribution in [2.45, 2.75) is 56.6 Å². The Morgan fingerprint density at radius 1 is 1.12 bits per heavy atom. The van der Waals surface area contributed by atoms with Crippen LogP contribution in [0.25, 0.3) is 0 Å². The number of sulfonamides is 1. The van der Waals surface area contributed by atoms with Crippen LogP contribution in [0.5, 0.6) is 11.5 Å². The number of nitrogens with one attached hydrogen (secondary N) is 1. The van der Waals surface area contributed by atoms with E-state index in [1.165, 1.54) is 38.3 Å². The lowest BCUT2D eigenvalue weighted by Gasteiger charge is -2.41. The number of anilines is 1. The molecule has 1 N–H and O–H groups in total. The minimum Gasteiger partial charge on any atom is -0.497 e. The fourth-order valence-electron chi connectivity index (χ4n) is 4.94. The van der Waals surface area contributed by atoms with Crippen LogP contribution in [0.1, 0.15) is 50.3 Å². The lowest BCUT2D eigenvalue weighted by Crippen LogP contribution is -2.47. The van der Waals surface area contributed by atoms with Gasteiger partial charge in [-0.2, -0.15) is 0 Å². The number of aryl methyl sites for hydroxylation is 1. The highest BCUT2D eigenvalue weighted by Gasteiger charge is 2.39. The number of carbonyl (C=O) groups is 1. The van der Waals surface area contributed by atoms with Gasteiger partial charge in [0.05, 0.1) is 28.7 Å². The normalized spacial score (nSPS) is 15.8. The molecule has 3 aromatic carbocycles. The Morgan fingerprint density at radius 3 is 2.42 bits per heavy atom. The van der Waals surface area contributed by atoms with Crippen LogP contribution in [-0.2, 0) is 14.8 Å². The Balaban J connectivity index is 1.70. The van der Waals surface area contributed by atoms with Crippen LogP contribution in [0.15, 0.2) is 71.6 Å². The first-order valence-corrected chi connectivity index (χ1v) is 14.5. The number of nitro groups is 1. The molecule has 40 heavy (non-hydrogen) atoms. The average Bonchev–Trinajstić information content (AvgIpc) is 2.95. The number of hydrogen-bond acceptors (Lipinski definition) is 7. The fraction of sp³-hybridized carbons (Fsp3) is 0.345. The molecule has 4 rings (SSSR count). The molecular weight excluding hydrogens is 534 g/mol. The summed E-state index contributed by atoms with van der Waals surface area (Å²) in [6, 6.07) is 17.0. The number of rotatable bonds is 10. The molecule has 0 spiro atoms. The van der Waals surface area contributed by atoms with Gasteiger partial charge < -0.3 is 14.8 Å². The van der Waals surface area contributed by atoms with Crippen LogP contribution in [0, 0.1) is 17.0 Å². The van der Waals surface area contributed by atoms with E-state index >= 15 is 0 Å². The molecule has 0 bridgehead atoms. The number of amides is 1. The Labute approximate surface area is 234 Å². The van der Waals surface area contributed by atoms with E-state index < -0.39 is 39.0 Å². The van der Waals surface area contributed by atoms with Gasteiger partial charge in [0.15, 0.2) is 0 Å². The molecule has 0 saturated heterocycles. The summed E-state index contributed by atoms with van der Waals surface area (Å²) in [5, 5.41) is 14.5. The van der Waals surface area contributed by atoms with Gasteiger partial charge in [0.2, 0.25) is 5.91 Å². The lowest BCUT2D eigenvalue weighted by molar-refractivity contribution is -0.385. The van der Waals surface area contributed by atoms with E-state index in [1.807, 2.05) is 38.1 Å². The Bertz CT molecular complexity index is 1500. The number of nitrogens with zero attached hydrogens (tertiary/aromatic N) is 2. The topological polar surface area (TPSA) is 128 Å². The number of fused-ring (bicyclic) bond motifs is 1. The van der Waals surface area contributed by atoms with Crippen molar-refractivity contribution in [2.75, 3.05) is 18.0 Å². The fourth-order valence-corrected chi connectivity index (χ4v) is 6.38. The predicted octanol–water partition coefficient (Wildman–Crippen LogP) is 5.31. The van der Waals surface area contributed by atoms with Gasteiger partial charge in [0.1, 0.15) is 23.6 Å². The van der Waals surface area contributed by atoms with Gasteiger partial charge in [-0.25, -0.2) is 8.42 Å². The van der Waals surface area contributed by atoms with Crippen LogP contribution in [0.2, 0.25) is 0 Å². The van der Waals surface area contributed by atoms with Crippen LogP contribution in [0.4, 0.5) is 11.4 Å². The molecule has 1 unspecified atom stereocenters. The van der Waals surface area contributed by atoms with E-state index in [0.717, 1.165) is 28.8 Å². The summed E-state index contributed by atoms with van der Waals surface area (Å²) in [7, 11) is -2.89. The van der Waals surface area contributed by atoms with E-state index in [1.54, 1.807) is 12.1 Å². The highest BCUT2D eigenvalue weighted by molar-refractivity contribution is 7.92. The molecular formula is C29H33N3O7S. The lowest BCUT2D eigenvalue weighted by atomic mass is 9.83. The van der Waals surface area contributed by atoms with Crippen molar-refractivity contribution in [3.63, 3.8) is 0 Å². The molecule has 10 nitrogen and oxygen atoms in total. The first kappa shape index (κ1) is 28.9. The first-order valence-electron chi connectivity index (χ1n) is 13.0. The highest BCUT2D eigenvalue weighted by atomic mass is 32.2. The van der Waals surface area contributed by atoms with Gasteiger partial charge in [-0.3, -0.25) is 19.2 Å². The average molecular weight is 568 g/mol. The van der Waals surface area contributed by atoms with Crippen LogP contribution < -0.4 is 19.1 Å². The Hall–Kier alpha value is -4.12. The largest absolute Gasteiger partial charge is 0.497 e. The minimum absolute atomic E-state index is 0.211. The van der Waals surface area contributed by atoms with Crippen LogP contribution in [0.3, 0.4) is 0 Å². The molecule has 1 atom stereocenters. The van der Waals surface area contributed by atoms with Gasteiger partial charge in [0, 0.05) is 23.6 Å². The van der Waals surface area contributed by atoms with E-state index in [9.17, 15) is 23.3 Å². The molecule has 0 fully saturated rings. The number of benzene rings is 3. The summed E-state index contributed by atoms with van der Waals surface area (Å²) < 4.78 is 40.2. The molecule has 11 heteroatoms. The number of carbonyl (C=O) groups excluding carboxylic acids is 1. The maximum Gasteiger partial charge on any atom is 0.273 e. The monoisotopic (exact) mass is 567 g/mol. The summed E-state index contributed by atoms with van der Waals surface area (Å²) in [4.78, 5) is 24.1. The van der Waals surface area contributed by atoms with Crippen LogP contribution >= 0.6 is 0 Å². The number of nitro benzene ring substituents is 1. The summed E-state index contributed by atoms with van der Waals surface area (Å²) >= 11 is 0. The van der Waals surface area contributed by atoms with Gasteiger partial charge in [-0.1, -0.05) is 38.1 Å². The van der Waals surface area contributed by atoms with Crippen molar-refractivity contribution in [3.05, 3.63) is 88.0 Å². The zero-order chi connectivity index (χ0) is 29.1. The number of ether oxygens (including phenoxy) is 2. The standard InChI is InChI=1S/C29H33N3O7S/c1-5-29(6-2)18-25(24-9-7-8-10-27(24)39-29)30-28(33)19-31(21-12-14-22(38-4)15-13-21)40(36,37)23-16-11-20(3)26(17-23)32(34)35/h7-17,25H,5-6,18-19H2,1-4H3,(H,30,33). The van der Waals surface area contributed by atoms with Crippen molar-refractivity contribution >= 4 is 27.3 Å². The molecule has 1 aliphatic heterocycles. The second kappa shape index (κ2) is 11.5. The summed E-state index contributed by atoms with van der Waals surface area (Å²) in [6.45, 7) is 5.06. The second-order valence-corrected chi connectivity index (χ2v) is 11.6. The highest BCUT2D eigenvalue weighted by Crippen LogP contribution is 2.42. The number of hydrogen-bond donors (Lipinski definition) is 1. The quantitative estimate of drug-likeness (QED) is 0.260. The zero-order valence-electron chi connectivity index (χ0n) is 22.9. The smallest absolute Gasteiger partial charge is 0.273 e. The van der Waals surface area contributed by atoms with Crippen LogP contribution in [-0.4, -0.2) is 38.5 Å². The SMILES string of the molecule is CCC1(CC)CC(NC(=O)CN(c2ccc(OC)cc2)S(=O)(=O)c2ccc(C)c([N+](=O)[O-])c2)c2ccccc2O1. The molecule has 0 aliphatic carbocycles. The molecule has 1 aliphatic rings. The Kier molecular flexibility index (Phi) is 8.34. The van der Waals surface area contributed by atoms with E-state index in [0.29, 0.717) is 23.5 Å². The number of para-hydroxylation sites is 1. The molecule has 0 aromatic heterocycles. The van der Waals surface area contributed by atoms with Gasteiger partial charge in [-0.05, 0) is 56.2 Å². The van der Waals surface area contributed by atoms with Gasteiger partial charge in [-0.15, -0.1) is 0 Å². The van der Waals surface area contributed by atoms with Crippen molar-refractivity contribution in [3.8, 4) is 11.5 Å².